The second-order valence-electron chi connectivity index (χ2n) is 5.38. The Kier molecular flexibility index (Phi) is 3.04. The van der Waals surface area contributed by atoms with Crippen LogP contribution in [-0.2, 0) is 4.74 Å². The highest BCUT2D eigenvalue weighted by Gasteiger charge is 2.33. The van der Waals surface area contributed by atoms with Crippen molar-refractivity contribution in [2.75, 3.05) is 6.54 Å². The first-order chi connectivity index (χ1) is 7.48. The third-order valence-electron chi connectivity index (χ3n) is 3.16. The largest absolute Gasteiger partial charge is 0.365 e. The first-order valence-electron chi connectivity index (χ1n) is 5.96. The Hall–Kier alpha value is -0.860. The molecule has 2 heteroatoms. The molecule has 0 saturated carbocycles. The van der Waals surface area contributed by atoms with Gasteiger partial charge in [0, 0.05) is 12.6 Å². The summed E-state index contributed by atoms with van der Waals surface area (Å²) in [5.74, 6) is 0. The van der Waals surface area contributed by atoms with Crippen molar-refractivity contribution < 1.29 is 4.74 Å². The number of nitrogens with one attached hydrogen (secondary N) is 1. The van der Waals surface area contributed by atoms with Crippen LogP contribution in [0.3, 0.4) is 0 Å². The van der Waals surface area contributed by atoms with E-state index in [1.807, 2.05) is 0 Å². The molecule has 0 spiro atoms. The summed E-state index contributed by atoms with van der Waals surface area (Å²) in [6, 6.07) is 9.00. The first-order valence-corrected chi connectivity index (χ1v) is 5.96. The number of morpholine rings is 1. The van der Waals surface area contributed by atoms with Crippen LogP contribution >= 0.6 is 0 Å². The normalized spacial score (nSPS) is 29.0. The maximum Gasteiger partial charge on any atom is 0.0983 e. The second-order valence-corrected chi connectivity index (χ2v) is 5.38. The molecule has 1 aromatic carbocycles. The maximum absolute atomic E-state index is 6.15. The molecule has 0 amide bonds. The molecule has 1 fully saturated rings. The van der Waals surface area contributed by atoms with Gasteiger partial charge in [-0.2, -0.15) is 0 Å². The van der Waals surface area contributed by atoms with E-state index in [2.05, 4.69) is 57.3 Å². The lowest BCUT2D eigenvalue weighted by Crippen LogP contribution is -2.51. The zero-order valence-electron chi connectivity index (χ0n) is 10.6. The zero-order chi connectivity index (χ0) is 11.8. The predicted molar refractivity (Wildman–Crippen MR) is 66.5 cm³/mol. The number of rotatable bonds is 1. The van der Waals surface area contributed by atoms with Gasteiger partial charge in [0.25, 0.3) is 0 Å². The smallest absolute Gasteiger partial charge is 0.0983 e. The average Bonchev–Trinajstić information content (AvgIpc) is 2.23. The van der Waals surface area contributed by atoms with Crippen LogP contribution in [0, 0.1) is 6.92 Å². The average molecular weight is 219 g/mol. The number of benzene rings is 1. The van der Waals surface area contributed by atoms with E-state index in [1.54, 1.807) is 0 Å². The summed E-state index contributed by atoms with van der Waals surface area (Å²) in [6.45, 7) is 9.47. The summed E-state index contributed by atoms with van der Waals surface area (Å²) in [7, 11) is 0. The van der Waals surface area contributed by atoms with E-state index in [0.29, 0.717) is 6.04 Å². The van der Waals surface area contributed by atoms with Crippen LogP contribution in [0.1, 0.15) is 38.0 Å². The predicted octanol–water partition coefficient (Wildman–Crippen LogP) is 2.82. The molecule has 0 aromatic heterocycles. The minimum absolute atomic E-state index is 0.0813. The van der Waals surface area contributed by atoms with E-state index < -0.39 is 0 Å². The summed E-state index contributed by atoms with van der Waals surface area (Å²) < 4.78 is 6.15. The van der Waals surface area contributed by atoms with Crippen molar-refractivity contribution >= 4 is 0 Å². The molecular weight excluding hydrogens is 198 g/mol. The lowest BCUT2D eigenvalue weighted by Gasteiger charge is -2.41. The van der Waals surface area contributed by atoms with Crippen LogP contribution < -0.4 is 5.32 Å². The minimum atomic E-state index is -0.0813. The molecule has 0 bridgehead atoms. The van der Waals surface area contributed by atoms with Gasteiger partial charge in [-0.25, -0.2) is 0 Å². The Morgan fingerprint density at radius 2 is 1.88 bits per heavy atom. The van der Waals surface area contributed by atoms with Crippen molar-refractivity contribution in [2.45, 2.75) is 45.4 Å². The molecule has 1 heterocycles. The Balaban J connectivity index is 2.21. The van der Waals surface area contributed by atoms with Gasteiger partial charge in [0.2, 0.25) is 0 Å². The first kappa shape index (κ1) is 11.6. The molecular formula is C14H21NO. The van der Waals surface area contributed by atoms with Crippen molar-refractivity contribution in [1.29, 1.82) is 0 Å². The van der Waals surface area contributed by atoms with Gasteiger partial charge in [-0.1, -0.05) is 29.8 Å². The van der Waals surface area contributed by atoms with Gasteiger partial charge >= 0.3 is 0 Å². The number of ether oxygens (including phenoxy) is 1. The molecule has 2 unspecified atom stereocenters. The monoisotopic (exact) mass is 219 g/mol. The van der Waals surface area contributed by atoms with E-state index in [1.165, 1.54) is 11.1 Å². The third-order valence-corrected chi connectivity index (χ3v) is 3.16. The molecule has 2 atom stereocenters. The molecule has 2 nitrogen and oxygen atoms in total. The lowest BCUT2D eigenvalue weighted by molar-refractivity contribution is -0.114. The van der Waals surface area contributed by atoms with Crippen LogP contribution in [0.2, 0.25) is 0 Å². The summed E-state index contributed by atoms with van der Waals surface area (Å²) in [6.07, 6.45) is 0.157. The SMILES string of the molecule is Cc1ccc(C2OC(C)(C)CNC2C)cc1. The Bertz CT molecular complexity index is 356. The maximum atomic E-state index is 6.15. The van der Waals surface area contributed by atoms with E-state index in [4.69, 9.17) is 4.74 Å². The minimum Gasteiger partial charge on any atom is -0.365 e. The van der Waals surface area contributed by atoms with Gasteiger partial charge in [0.1, 0.15) is 0 Å². The standard InChI is InChI=1S/C14H21NO/c1-10-5-7-12(8-6-10)13-11(2)15-9-14(3,4)16-13/h5-8,11,13,15H,9H2,1-4H3. The second kappa shape index (κ2) is 4.19. The van der Waals surface area contributed by atoms with Crippen LogP contribution in [0.25, 0.3) is 0 Å². The number of hydrogen-bond acceptors (Lipinski definition) is 2. The molecule has 16 heavy (non-hydrogen) atoms. The van der Waals surface area contributed by atoms with Crippen molar-refractivity contribution in [2.24, 2.45) is 0 Å². The molecule has 1 N–H and O–H groups in total. The molecule has 0 radical (unpaired) electrons. The molecule has 1 aliphatic heterocycles. The van der Waals surface area contributed by atoms with Gasteiger partial charge in [-0.3, -0.25) is 0 Å². The quantitative estimate of drug-likeness (QED) is 0.784. The fraction of sp³-hybridized carbons (Fsp3) is 0.571. The highest BCUT2D eigenvalue weighted by molar-refractivity contribution is 5.24. The van der Waals surface area contributed by atoms with Gasteiger partial charge in [-0.05, 0) is 33.3 Å². The van der Waals surface area contributed by atoms with Crippen LogP contribution in [0.4, 0.5) is 0 Å². The molecule has 1 saturated heterocycles. The molecule has 2 rings (SSSR count). The summed E-state index contributed by atoms with van der Waals surface area (Å²) in [4.78, 5) is 0. The van der Waals surface area contributed by atoms with Crippen LogP contribution in [0.5, 0.6) is 0 Å². The Labute approximate surface area is 98.0 Å². The van der Waals surface area contributed by atoms with Crippen molar-refractivity contribution in [1.82, 2.24) is 5.32 Å². The Morgan fingerprint density at radius 3 is 2.50 bits per heavy atom. The van der Waals surface area contributed by atoms with Crippen molar-refractivity contribution in [3.05, 3.63) is 35.4 Å². The molecule has 88 valence electrons. The topological polar surface area (TPSA) is 21.3 Å². The lowest BCUT2D eigenvalue weighted by atomic mass is 9.97. The van der Waals surface area contributed by atoms with E-state index in [0.717, 1.165) is 6.54 Å². The van der Waals surface area contributed by atoms with Crippen LogP contribution in [-0.4, -0.2) is 18.2 Å². The van der Waals surface area contributed by atoms with Gasteiger partial charge in [0.15, 0.2) is 0 Å². The van der Waals surface area contributed by atoms with Crippen LogP contribution in [0.15, 0.2) is 24.3 Å². The van der Waals surface area contributed by atoms with Gasteiger partial charge in [-0.15, -0.1) is 0 Å². The van der Waals surface area contributed by atoms with Crippen molar-refractivity contribution in [3.8, 4) is 0 Å². The van der Waals surface area contributed by atoms with E-state index in [9.17, 15) is 0 Å². The fourth-order valence-electron chi connectivity index (χ4n) is 2.11. The van der Waals surface area contributed by atoms with Gasteiger partial charge in [0.05, 0.1) is 11.7 Å². The molecule has 1 aliphatic rings. The third kappa shape index (κ3) is 2.45. The molecule has 0 aliphatic carbocycles. The van der Waals surface area contributed by atoms with E-state index in [-0.39, 0.29) is 11.7 Å². The fourth-order valence-corrected chi connectivity index (χ4v) is 2.11. The summed E-state index contributed by atoms with van der Waals surface area (Å²) in [5.41, 5.74) is 2.47. The zero-order valence-corrected chi connectivity index (χ0v) is 10.6. The Morgan fingerprint density at radius 1 is 1.25 bits per heavy atom. The summed E-state index contributed by atoms with van der Waals surface area (Å²) >= 11 is 0. The highest BCUT2D eigenvalue weighted by atomic mass is 16.5. The summed E-state index contributed by atoms with van der Waals surface area (Å²) in [5, 5.41) is 3.51. The molecule has 1 aromatic rings. The van der Waals surface area contributed by atoms with Gasteiger partial charge < -0.3 is 10.1 Å². The number of aryl methyl sites for hydroxylation is 1. The van der Waals surface area contributed by atoms with Crippen molar-refractivity contribution in [3.63, 3.8) is 0 Å². The van der Waals surface area contributed by atoms with E-state index >= 15 is 0 Å². The number of hydrogen-bond donors (Lipinski definition) is 1. The highest BCUT2D eigenvalue weighted by Crippen LogP contribution is 2.30.